The first-order valence-corrected chi connectivity index (χ1v) is 8.76. The molecule has 9 heteroatoms. The van der Waals surface area contributed by atoms with Crippen LogP contribution in [0.3, 0.4) is 0 Å². The predicted molar refractivity (Wildman–Crippen MR) is 86.8 cm³/mol. The highest BCUT2D eigenvalue weighted by atomic mass is 32.3. The zero-order valence-electron chi connectivity index (χ0n) is 13.7. The molecule has 0 radical (unpaired) electrons. The van der Waals surface area contributed by atoms with Crippen molar-refractivity contribution in [1.29, 1.82) is 0 Å². The van der Waals surface area contributed by atoms with Crippen LogP contribution in [0.5, 0.6) is 0 Å². The van der Waals surface area contributed by atoms with E-state index < -0.39 is 10.5 Å². The van der Waals surface area contributed by atoms with E-state index in [-0.39, 0.29) is 29.8 Å². The van der Waals surface area contributed by atoms with Crippen LogP contribution in [-0.4, -0.2) is 51.0 Å². The summed E-state index contributed by atoms with van der Waals surface area (Å²) >= 11 is 0. The van der Waals surface area contributed by atoms with Gasteiger partial charge in [0.1, 0.15) is 17.6 Å². The van der Waals surface area contributed by atoms with Gasteiger partial charge in [0, 0.05) is 6.42 Å². The molecule has 2 heterocycles. The maximum atomic E-state index is 12.2. The second-order valence-corrected chi connectivity index (χ2v) is 6.80. The minimum absolute atomic E-state index is 0.0347. The molecule has 0 amide bonds. The van der Waals surface area contributed by atoms with Gasteiger partial charge in [0.2, 0.25) is 5.78 Å². The van der Waals surface area contributed by atoms with Crippen LogP contribution in [-0.2, 0) is 24.8 Å². The minimum Gasteiger partial charge on any atom is -0.722 e. The molecule has 2 aliphatic heterocycles. The number of hydrogen-bond acceptors (Lipinski definition) is 6. The third-order valence-corrected chi connectivity index (χ3v) is 4.76. The van der Waals surface area contributed by atoms with Crippen molar-refractivity contribution in [2.75, 3.05) is 14.2 Å². The maximum Gasteiger partial charge on any atom is 0.315 e. The Hall–Kier alpha value is -2.10. The topological polar surface area (TPSA) is 101 Å². The van der Waals surface area contributed by atoms with E-state index in [1.165, 1.54) is 7.11 Å². The summed E-state index contributed by atoms with van der Waals surface area (Å²) in [6.45, 7) is 0. The molecular formula is C16H18FNO6S. The lowest BCUT2D eigenvalue weighted by molar-refractivity contribution is -0.145. The van der Waals surface area contributed by atoms with Gasteiger partial charge in [0.05, 0.1) is 14.2 Å². The highest BCUT2D eigenvalue weighted by molar-refractivity contribution is 7.80. The van der Waals surface area contributed by atoms with Crippen molar-refractivity contribution in [3.05, 3.63) is 42.5 Å². The molecule has 0 spiro atoms. The minimum atomic E-state index is -5.42. The number of para-hydroxylation sites is 1. The molecule has 0 N–H and O–H groups in total. The number of hydrogen-bond donors (Lipinski definition) is 0. The van der Waals surface area contributed by atoms with E-state index >= 15 is 0 Å². The second kappa shape index (κ2) is 7.03. The van der Waals surface area contributed by atoms with Crippen LogP contribution in [0.4, 0.5) is 9.57 Å². The second-order valence-electron chi connectivity index (χ2n) is 6.01. The molecule has 7 nitrogen and oxygen atoms in total. The van der Waals surface area contributed by atoms with E-state index in [1.807, 2.05) is 43.5 Å². The number of ether oxygens (including phenoxy) is 1. The van der Waals surface area contributed by atoms with Gasteiger partial charge in [-0.2, -0.15) is 0 Å². The first-order valence-electron chi connectivity index (χ1n) is 7.46. The summed E-state index contributed by atoms with van der Waals surface area (Å²) in [5.41, 5.74) is 1.06. The number of benzene rings is 1. The molecule has 2 aliphatic rings. The van der Waals surface area contributed by atoms with E-state index in [9.17, 15) is 13.5 Å². The number of quaternary nitrogens is 1. The predicted octanol–water partition coefficient (Wildman–Crippen LogP) is 1.11. The van der Waals surface area contributed by atoms with Crippen LogP contribution in [0.2, 0.25) is 0 Å². The molecule has 3 unspecified atom stereocenters. The summed E-state index contributed by atoms with van der Waals surface area (Å²) in [6.07, 6.45) is 4.05. The Bertz CT molecular complexity index is 786. The van der Waals surface area contributed by atoms with Crippen molar-refractivity contribution in [2.45, 2.75) is 18.5 Å². The average Bonchev–Trinajstić information content (AvgIpc) is 2.72. The van der Waals surface area contributed by atoms with Gasteiger partial charge in [0.25, 0.3) is 10.5 Å². The normalized spacial score (nSPS) is 30.4. The monoisotopic (exact) mass is 371 g/mol. The molecule has 2 bridgehead atoms. The van der Waals surface area contributed by atoms with Gasteiger partial charge in [-0.25, -0.2) is 8.42 Å². The molecule has 4 atom stereocenters. The smallest absolute Gasteiger partial charge is 0.315 e. The first kappa shape index (κ1) is 19.2. The fourth-order valence-electron chi connectivity index (χ4n) is 3.67. The summed E-state index contributed by atoms with van der Waals surface area (Å²) in [5, 5.41) is 0. The van der Waals surface area contributed by atoms with E-state index in [0.717, 1.165) is 5.69 Å². The van der Waals surface area contributed by atoms with Gasteiger partial charge in [0.15, 0.2) is 6.04 Å². The Balaban J connectivity index is 0.000000399. The van der Waals surface area contributed by atoms with Crippen molar-refractivity contribution >= 4 is 27.9 Å². The SMILES string of the molecule is COC(=O)[C@H]1CC2C(=O)C=CC1[N+]2(C)c1ccccc1.O=S(=O)([O-])F. The fourth-order valence-corrected chi connectivity index (χ4v) is 3.67. The molecule has 0 aliphatic carbocycles. The molecule has 25 heavy (non-hydrogen) atoms. The molecule has 1 aromatic rings. The number of carbonyl (C=O) groups is 2. The summed E-state index contributed by atoms with van der Waals surface area (Å²) in [4.78, 5) is 24.2. The highest BCUT2D eigenvalue weighted by Gasteiger charge is 2.59. The van der Waals surface area contributed by atoms with Crippen molar-refractivity contribution in [1.82, 2.24) is 4.48 Å². The van der Waals surface area contributed by atoms with Crippen molar-refractivity contribution in [3.63, 3.8) is 0 Å². The average molecular weight is 371 g/mol. The Morgan fingerprint density at radius 3 is 2.40 bits per heavy atom. The Morgan fingerprint density at radius 2 is 1.88 bits per heavy atom. The van der Waals surface area contributed by atoms with Crippen molar-refractivity contribution in [2.24, 2.45) is 5.92 Å². The highest BCUT2D eigenvalue weighted by Crippen LogP contribution is 2.44. The fraction of sp³-hybridized carbons (Fsp3) is 0.375. The number of esters is 1. The number of ketones is 1. The summed E-state index contributed by atoms with van der Waals surface area (Å²) in [6, 6.07) is 9.70. The number of halogens is 1. The molecule has 1 aromatic carbocycles. The standard InChI is InChI=1S/C16H18NO3.FHO3S/c1-17(11-6-4-3-5-7-11)13-8-9-15(18)14(17)10-12(13)16(19)20-2;1-5(2,3)4/h3-9,12-14H,10H2,1-2H3;(H,2,3,4)/q+1;/p-1/t12-,13?,14?,17?;/m0./s1. The number of methoxy groups -OCH3 is 1. The molecule has 3 rings (SSSR count). The number of likely N-dealkylation sites (N-methyl/N-ethyl adjacent to an activating group) is 1. The number of fused-ring (bicyclic) bond motifs is 2. The van der Waals surface area contributed by atoms with Gasteiger partial charge in [-0.3, -0.25) is 14.1 Å². The molecule has 0 aromatic heterocycles. The Kier molecular flexibility index (Phi) is 5.40. The van der Waals surface area contributed by atoms with E-state index in [1.54, 1.807) is 6.08 Å². The zero-order valence-corrected chi connectivity index (χ0v) is 14.5. The molecular weight excluding hydrogens is 353 g/mol. The molecule has 0 saturated carbocycles. The van der Waals surface area contributed by atoms with E-state index in [4.69, 9.17) is 17.7 Å². The lowest BCUT2D eigenvalue weighted by Gasteiger charge is -2.41. The largest absolute Gasteiger partial charge is 0.722 e. The third kappa shape index (κ3) is 3.94. The number of carbonyl (C=O) groups excluding carboxylic acids is 2. The lowest BCUT2D eigenvalue weighted by Crippen LogP contribution is -2.59. The van der Waals surface area contributed by atoms with Crippen LogP contribution in [0.1, 0.15) is 6.42 Å². The van der Waals surface area contributed by atoms with Crippen LogP contribution in [0.15, 0.2) is 42.5 Å². The van der Waals surface area contributed by atoms with Crippen molar-refractivity contribution < 1.29 is 31.2 Å². The van der Waals surface area contributed by atoms with Gasteiger partial charge in [-0.05, 0) is 24.3 Å². The zero-order chi connectivity index (χ0) is 18.8. The number of rotatable bonds is 2. The van der Waals surface area contributed by atoms with Crippen LogP contribution < -0.4 is 4.48 Å². The van der Waals surface area contributed by atoms with E-state index in [2.05, 4.69) is 0 Å². The molecule has 136 valence electrons. The molecule has 1 fully saturated rings. The third-order valence-electron chi connectivity index (χ3n) is 4.76. The maximum absolute atomic E-state index is 12.2. The quantitative estimate of drug-likeness (QED) is 0.334. The number of nitrogens with zero attached hydrogens (tertiary/aromatic N) is 1. The van der Waals surface area contributed by atoms with Gasteiger partial charge < -0.3 is 9.29 Å². The Labute approximate surface area is 145 Å². The molecule has 1 saturated heterocycles. The van der Waals surface area contributed by atoms with Gasteiger partial charge in [-0.15, -0.1) is 3.89 Å². The van der Waals surface area contributed by atoms with Gasteiger partial charge in [-0.1, -0.05) is 18.2 Å². The van der Waals surface area contributed by atoms with Crippen LogP contribution in [0.25, 0.3) is 0 Å². The first-order chi connectivity index (χ1) is 11.6. The van der Waals surface area contributed by atoms with E-state index in [0.29, 0.717) is 10.9 Å². The lowest BCUT2D eigenvalue weighted by atomic mass is 9.99. The summed E-state index contributed by atoms with van der Waals surface area (Å²) in [7, 11) is -1.97. The van der Waals surface area contributed by atoms with Crippen LogP contribution in [0, 0.1) is 5.92 Å². The summed E-state index contributed by atoms with van der Waals surface area (Å²) in [5.74, 6) is -0.381. The van der Waals surface area contributed by atoms with Crippen LogP contribution >= 0.6 is 0 Å². The summed E-state index contributed by atoms with van der Waals surface area (Å²) < 4.78 is 40.7. The van der Waals surface area contributed by atoms with Gasteiger partial charge >= 0.3 is 5.97 Å². The Morgan fingerprint density at radius 1 is 1.32 bits per heavy atom. The van der Waals surface area contributed by atoms with Crippen molar-refractivity contribution in [3.8, 4) is 0 Å².